The molecular weight excluding hydrogens is 202 g/mol. The van der Waals surface area contributed by atoms with Crippen LogP contribution in [0.3, 0.4) is 0 Å². The molecule has 0 heterocycles. The highest BCUT2D eigenvalue weighted by atomic mass is 16.4. The first-order valence-electron chi connectivity index (χ1n) is 6.24. The Kier molecular flexibility index (Phi) is 6.01. The fraction of sp³-hybridized carbons (Fsp3) is 0.923. The van der Waals surface area contributed by atoms with Gasteiger partial charge in [-0.15, -0.1) is 0 Å². The van der Waals surface area contributed by atoms with Crippen LogP contribution in [0.15, 0.2) is 0 Å². The van der Waals surface area contributed by atoms with Gasteiger partial charge in [-0.3, -0.25) is 4.79 Å². The largest absolute Gasteiger partial charge is 0.481 e. The number of carbonyl (C=O) groups is 1. The summed E-state index contributed by atoms with van der Waals surface area (Å²) in [5.41, 5.74) is -0.585. The minimum Gasteiger partial charge on any atom is -0.481 e. The topological polar surface area (TPSA) is 40.5 Å². The SMILES string of the molecule is CCC(CC)(CN(C)C(C)C(C)C)C(=O)O. The van der Waals surface area contributed by atoms with Gasteiger partial charge in [0, 0.05) is 12.6 Å². The van der Waals surface area contributed by atoms with Gasteiger partial charge in [-0.1, -0.05) is 27.7 Å². The molecule has 0 aromatic rings. The molecule has 16 heavy (non-hydrogen) atoms. The van der Waals surface area contributed by atoms with E-state index in [0.29, 0.717) is 31.3 Å². The standard InChI is InChI=1S/C13H27NO2/c1-7-13(8-2,12(15)16)9-14(6)11(5)10(3)4/h10-11H,7-9H2,1-6H3,(H,15,16). The lowest BCUT2D eigenvalue weighted by Crippen LogP contribution is -2.45. The van der Waals surface area contributed by atoms with Crippen molar-refractivity contribution in [3.63, 3.8) is 0 Å². The molecule has 0 radical (unpaired) electrons. The van der Waals surface area contributed by atoms with E-state index in [-0.39, 0.29) is 0 Å². The summed E-state index contributed by atoms with van der Waals surface area (Å²) in [6.07, 6.45) is 1.38. The molecule has 0 saturated carbocycles. The molecule has 0 spiro atoms. The van der Waals surface area contributed by atoms with E-state index < -0.39 is 11.4 Å². The summed E-state index contributed by atoms with van der Waals surface area (Å²) >= 11 is 0. The summed E-state index contributed by atoms with van der Waals surface area (Å²) < 4.78 is 0. The van der Waals surface area contributed by atoms with Crippen molar-refractivity contribution >= 4 is 5.97 Å². The van der Waals surface area contributed by atoms with Crippen LogP contribution in [-0.2, 0) is 4.79 Å². The summed E-state index contributed by atoms with van der Waals surface area (Å²) in [5.74, 6) is -0.120. The minimum atomic E-state index is -0.666. The van der Waals surface area contributed by atoms with Crippen molar-refractivity contribution in [3.05, 3.63) is 0 Å². The Morgan fingerprint density at radius 1 is 1.25 bits per heavy atom. The molecule has 3 nitrogen and oxygen atoms in total. The van der Waals surface area contributed by atoms with Gasteiger partial charge in [0.25, 0.3) is 0 Å². The van der Waals surface area contributed by atoms with Crippen LogP contribution in [-0.4, -0.2) is 35.6 Å². The third-order valence-corrected chi connectivity index (χ3v) is 4.02. The molecule has 0 aliphatic carbocycles. The van der Waals surface area contributed by atoms with Crippen molar-refractivity contribution in [2.24, 2.45) is 11.3 Å². The Morgan fingerprint density at radius 3 is 1.94 bits per heavy atom. The van der Waals surface area contributed by atoms with Crippen LogP contribution in [0, 0.1) is 11.3 Å². The third-order valence-electron chi connectivity index (χ3n) is 4.02. The van der Waals surface area contributed by atoms with Gasteiger partial charge < -0.3 is 10.0 Å². The number of aliphatic carboxylic acids is 1. The van der Waals surface area contributed by atoms with E-state index in [4.69, 9.17) is 0 Å². The van der Waals surface area contributed by atoms with Gasteiger partial charge in [0.1, 0.15) is 0 Å². The minimum absolute atomic E-state index is 0.414. The number of carboxylic acids is 1. The number of nitrogens with zero attached hydrogens (tertiary/aromatic N) is 1. The molecule has 0 rings (SSSR count). The maximum absolute atomic E-state index is 11.4. The maximum Gasteiger partial charge on any atom is 0.310 e. The molecule has 0 amide bonds. The number of carboxylic acid groups (broad SMARTS) is 1. The van der Waals surface area contributed by atoms with E-state index in [9.17, 15) is 9.90 Å². The first kappa shape index (κ1) is 15.4. The van der Waals surface area contributed by atoms with E-state index in [1.807, 2.05) is 20.9 Å². The zero-order valence-corrected chi connectivity index (χ0v) is 11.6. The van der Waals surface area contributed by atoms with Crippen LogP contribution < -0.4 is 0 Å². The average Bonchev–Trinajstić information content (AvgIpc) is 2.23. The van der Waals surface area contributed by atoms with Crippen molar-refractivity contribution in [2.75, 3.05) is 13.6 Å². The molecule has 0 bridgehead atoms. The molecule has 3 heteroatoms. The van der Waals surface area contributed by atoms with E-state index in [1.54, 1.807) is 0 Å². The van der Waals surface area contributed by atoms with Gasteiger partial charge in [-0.2, -0.15) is 0 Å². The molecule has 0 aromatic carbocycles. The Labute approximate surface area is 99.8 Å². The smallest absolute Gasteiger partial charge is 0.310 e. The highest BCUT2D eigenvalue weighted by Gasteiger charge is 2.36. The zero-order valence-electron chi connectivity index (χ0n) is 11.6. The summed E-state index contributed by atoms with van der Waals surface area (Å²) in [6.45, 7) is 11.1. The van der Waals surface area contributed by atoms with E-state index in [0.717, 1.165) is 0 Å². The third kappa shape index (κ3) is 3.48. The van der Waals surface area contributed by atoms with Crippen LogP contribution in [0.2, 0.25) is 0 Å². The maximum atomic E-state index is 11.4. The molecular formula is C13H27NO2. The van der Waals surface area contributed by atoms with Crippen LogP contribution in [0.5, 0.6) is 0 Å². The predicted molar refractivity (Wildman–Crippen MR) is 67.6 cm³/mol. The Bertz CT molecular complexity index is 222. The van der Waals surface area contributed by atoms with Crippen molar-refractivity contribution in [1.29, 1.82) is 0 Å². The first-order valence-corrected chi connectivity index (χ1v) is 6.24. The molecule has 1 N–H and O–H groups in total. The second kappa shape index (κ2) is 6.24. The average molecular weight is 229 g/mol. The monoisotopic (exact) mass is 229 g/mol. The molecule has 0 fully saturated rings. The van der Waals surface area contributed by atoms with Gasteiger partial charge in [0.05, 0.1) is 5.41 Å². The number of hydrogen-bond acceptors (Lipinski definition) is 2. The second-order valence-corrected chi connectivity index (χ2v) is 5.19. The molecule has 0 aliphatic heterocycles. The summed E-state index contributed by atoms with van der Waals surface area (Å²) in [5, 5.41) is 9.37. The lowest BCUT2D eigenvalue weighted by Gasteiger charge is -2.36. The fourth-order valence-electron chi connectivity index (χ4n) is 1.97. The molecule has 1 unspecified atom stereocenters. The van der Waals surface area contributed by atoms with Gasteiger partial charge >= 0.3 is 5.97 Å². The number of rotatable bonds is 7. The van der Waals surface area contributed by atoms with Crippen molar-refractivity contribution in [2.45, 2.75) is 53.5 Å². The lowest BCUT2D eigenvalue weighted by molar-refractivity contribution is -0.151. The highest BCUT2D eigenvalue weighted by Crippen LogP contribution is 2.29. The molecule has 0 aromatic heterocycles. The van der Waals surface area contributed by atoms with E-state index >= 15 is 0 Å². The first-order chi connectivity index (χ1) is 7.30. The van der Waals surface area contributed by atoms with Crippen molar-refractivity contribution < 1.29 is 9.90 Å². The lowest BCUT2D eigenvalue weighted by atomic mass is 9.81. The van der Waals surface area contributed by atoms with Crippen LogP contribution in [0.4, 0.5) is 0 Å². The molecule has 0 saturated heterocycles. The summed E-state index contributed by atoms with van der Waals surface area (Å²) in [7, 11) is 2.02. The van der Waals surface area contributed by atoms with Gasteiger partial charge in [0.2, 0.25) is 0 Å². The molecule has 1 atom stereocenters. The van der Waals surface area contributed by atoms with Gasteiger partial charge in [0.15, 0.2) is 0 Å². The number of hydrogen-bond donors (Lipinski definition) is 1. The van der Waals surface area contributed by atoms with E-state index in [2.05, 4.69) is 25.7 Å². The molecule has 96 valence electrons. The van der Waals surface area contributed by atoms with Gasteiger partial charge in [-0.05, 0) is 32.7 Å². The Morgan fingerprint density at radius 2 is 1.69 bits per heavy atom. The normalized spacial score (nSPS) is 14.5. The predicted octanol–water partition coefficient (Wildman–Crippen LogP) is 2.85. The van der Waals surface area contributed by atoms with Crippen LogP contribution >= 0.6 is 0 Å². The van der Waals surface area contributed by atoms with Crippen LogP contribution in [0.25, 0.3) is 0 Å². The van der Waals surface area contributed by atoms with E-state index in [1.165, 1.54) is 0 Å². The highest BCUT2D eigenvalue weighted by molar-refractivity contribution is 5.74. The zero-order chi connectivity index (χ0) is 12.9. The Hall–Kier alpha value is -0.570. The summed E-state index contributed by atoms with van der Waals surface area (Å²) in [4.78, 5) is 13.6. The fourth-order valence-corrected chi connectivity index (χ4v) is 1.97. The molecule has 0 aliphatic rings. The Balaban J connectivity index is 4.70. The van der Waals surface area contributed by atoms with Gasteiger partial charge in [-0.25, -0.2) is 0 Å². The second-order valence-electron chi connectivity index (χ2n) is 5.19. The van der Waals surface area contributed by atoms with Crippen molar-refractivity contribution in [3.8, 4) is 0 Å². The quantitative estimate of drug-likeness (QED) is 0.729. The van der Waals surface area contributed by atoms with Crippen LogP contribution in [0.1, 0.15) is 47.5 Å². The van der Waals surface area contributed by atoms with Crippen molar-refractivity contribution in [1.82, 2.24) is 4.90 Å². The summed E-state index contributed by atoms with van der Waals surface area (Å²) in [6, 6.07) is 0.414.